The van der Waals surface area contributed by atoms with Crippen LogP contribution in [0.4, 0.5) is 0 Å². The summed E-state index contributed by atoms with van der Waals surface area (Å²) in [5, 5.41) is 16.3. The zero-order valence-electron chi connectivity index (χ0n) is 15.9. The van der Waals surface area contributed by atoms with Gasteiger partial charge >= 0.3 is 0 Å². The molecule has 0 bridgehead atoms. The van der Waals surface area contributed by atoms with Crippen LogP contribution in [-0.2, 0) is 16.8 Å². The molecule has 1 saturated heterocycles. The van der Waals surface area contributed by atoms with Crippen LogP contribution in [0.5, 0.6) is 0 Å². The van der Waals surface area contributed by atoms with E-state index in [1.54, 1.807) is 4.80 Å². The number of nitrogens with one attached hydrogen (secondary N) is 1. The molecule has 4 rings (SSSR count). The lowest BCUT2D eigenvalue weighted by molar-refractivity contribution is 0.0902. The first-order valence-electron chi connectivity index (χ1n) is 9.25. The summed E-state index contributed by atoms with van der Waals surface area (Å²) in [5.41, 5.74) is 0.902. The molecule has 2 atom stereocenters. The van der Waals surface area contributed by atoms with Gasteiger partial charge in [-0.3, -0.25) is 0 Å². The molecule has 1 aromatic carbocycles. The van der Waals surface area contributed by atoms with Gasteiger partial charge in [0.1, 0.15) is 11.9 Å². The number of para-hydroxylation sites is 1. The number of tetrazole rings is 1. The fourth-order valence-electron chi connectivity index (χ4n) is 3.21. The Morgan fingerprint density at radius 3 is 2.78 bits per heavy atom. The topological polar surface area (TPSA) is 82.7 Å². The van der Waals surface area contributed by atoms with E-state index < -0.39 is 0 Å². The molecule has 1 fully saturated rings. The van der Waals surface area contributed by atoms with Crippen LogP contribution in [0.25, 0.3) is 5.69 Å². The summed E-state index contributed by atoms with van der Waals surface area (Å²) in [5.74, 6) is 1.59. The highest BCUT2D eigenvalue weighted by Gasteiger charge is 2.33. The van der Waals surface area contributed by atoms with E-state index in [4.69, 9.17) is 4.74 Å². The zero-order chi connectivity index (χ0) is 18.9. The monoisotopic (exact) mass is 367 g/mol. The highest BCUT2D eigenvalue weighted by atomic mass is 16.5. The highest BCUT2D eigenvalue weighted by Crippen LogP contribution is 2.29. The van der Waals surface area contributed by atoms with E-state index in [0.29, 0.717) is 19.0 Å². The molecule has 0 spiro atoms. The maximum atomic E-state index is 6.01. The van der Waals surface area contributed by atoms with Crippen LogP contribution < -0.4 is 5.32 Å². The molecule has 27 heavy (non-hydrogen) atoms. The SMILES string of the molecule is CC(C)(C)n1nnc(CN[C@H]2CCO[C@@H]2c2nccn2-c2ccccc2)n1. The fraction of sp³-hybridized carbons (Fsp3) is 0.474. The molecule has 1 aliphatic rings. The molecule has 1 aliphatic heterocycles. The summed E-state index contributed by atoms with van der Waals surface area (Å²) in [4.78, 5) is 6.21. The average Bonchev–Trinajstić information content (AvgIpc) is 3.39. The first kappa shape index (κ1) is 17.8. The van der Waals surface area contributed by atoms with Crippen molar-refractivity contribution in [2.45, 2.75) is 51.4 Å². The van der Waals surface area contributed by atoms with Gasteiger partial charge in [-0.1, -0.05) is 18.2 Å². The Kier molecular flexibility index (Phi) is 4.75. The second-order valence-corrected chi connectivity index (χ2v) is 7.72. The second-order valence-electron chi connectivity index (χ2n) is 7.72. The molecule has 1 N–H and O–H groups in total. The van der Waals surface area contributed by atoms with Gasteiger partial charge in [0.15, 0.2) is 5.82 Å². The zero-order valence-corrected chi connectivity index (χ0v) is 15.9. The van der Waals surface area contributed by atoms with E-state index in [9.17, 15) is 0 Å². The number of imidazole rings is 1. The van der Waals surface area contributed by atoms with Gasteiger partial charge in [-0.2, -0.15) is 4.80 Å². The Morgan fingerprint density at radius 2 is 2.04 bits per heavy atom. The van der Waals surface area contributed by atoms with Gasteiger partial charge in [-0.25, -0.2) is 4.98 Å². The maximum Gasteiger partial charge on any atom is 0.188 e. The number of hydrogen-bond acceptors (Lipinski definition) is 6. The molecule has 0 aliphatic carbocycles. The van der Waals surface area contributed by atoms with E-state index in [0.717, 1.165) is 17.9 Å². The molecule has 8 heteroatoms. The van der Waals surface area contributed by atoms with Crippen molar-refractivity contribution in [1.29, 1.82) is 0 Å². The highest BCUT2D eigenvalue weighted by molar-refractivity contribution is 5.33. The summed E-state index contributed by atoms with van der Waals surface area (Å²) in [6.07, 6.45) is 4.59. The third-order valence-electron chi connectivity index (χ3n) is 4.63. The van der Waals surface area contributed by atoms with Crippen LogP contribution in [0.3, 0.4) is 0 Å². The largest absolute Gasteiger partial charge is 0.369 e. The Morgan fingerprint density at radius 1 is 1.22 bits per heavy atom. The standard InChI is InChI=1S/C19H25N7O/c1-19(2,3)26-23-16(22-24-26)13-21-15-9-12-27-17(15)18-20-10-11-25(18)14-7-5-4-6-8-14/h4-8,10-11,15,17,21H,9,12-13H2,1-3H3/t15-,17-/m0/s1. The van der Waals surface area contributed by atoms with Gasteiger partial charge in [0.05, 0.1) is 12.1 Å². The Labute approximate surface area is 158 Å². The van der Waals surface area contributed by atoms with Gasteiger partial charge in [0.25, 0.3) is 0 Å². The van der Waals surface area contributed by atoms with Crippen LogP contribution in [0.15, 0.2) is 42.7 Å². The summed E-state index contributed by atoms with van der Waals surface area (Å²) in [7, 11) is 0. The quantitative estimate of drug-likeness (QED) is 0.745. The van der Waals surface area contributed by atoms with Crippen LogP contribution in [-0.4, -0.2) is 42.4 Å². The molecule has 3 aromatic rings. The fourth-order valence-corrected chi connectivity index (χ4v) is 3.21. The summed E-state index contributed by atoms with van der Waals surface area (Å²) >= 11 is 0. The van der Waals surface area contributed by atoms with Crippen molar-refractivity contribution in [3.05, 3.63) is 54.4 Å². The van der Waals surface area contributed by atoms with Crippen molar-refractivity contribution in [1.82, 2.24) is 35.1 Å². The smallest absolute Gasteiger partial charge is 0.188 e. The Balaban J connectivity index is 1.48. The predicted molar refractivity (Wildman–Crippen MR) is 100 cm³/mol. The third kappa shape index (κ3) is 3.77. The minimum atomic E-state index is -0.176. The lowest BCUT2D eigenvalue weighted by Crippen LogP contribution is -2.33. The van der Waals surface area contributed by atoms with Crippen LogP contribution in [0.1, 0.15) is 44.9 Å². The van der Waals surface area contributed by atoms with Gasteiger partial charge in [0, 0.05) is 30.7 Å². The first-order chi connectivity index (χ1) is 13.0. The normalized spacial score (nSPS) is 20.3. The molecule has 0 unspecified atom stereocenters. The number of hydrogen-bond donors (Lipinski definition) is 1. The Hall–Kier alpha value is -2.58. The minimum Gasteiger partial charge on any atom is -0.369 e. The van der Waals surface area contributed by atoms with Crippen LogP contribution in [0, 0.1) is 0 Å². The molecular formula is C19H25N7O. The van der Waals surface area contributed by atoms with E-state index in [-0.39, 0.29) is 17.7 Å². The first-order valence-corrected chi connectivity index (χ1v) is 9.25. The van der Waals surface area contributed by atoms with Crippen LogP contribution >= 0.6 is 0 Å². The second kappa shape index (κ2) is 7.21. The molecule has 0 saturated carbocycles. The molecule has 3 heterocycles. The van der Waals surface area contributed by atoms with E-state index in [1.807, 2.05) is 30.6 Å². The Bertz CT molecular complexity index is 881. The summed E-state index contributed by atoms with van der Waals surface area (Å²) < 4.78 is 8.09. The van der Waals surface area contributed by atoms with Gasteiger partial charge in [-0.15, -0.1) is 10.2 Å². The number of benzene rings is 1. The molecule has 0 amide bonds. The van der Waals surface area contributed by atoms with Gasteiger partial charge in [-0.05, 0) is 44.5 Å². The third-order valence-corrected chi connectivity index (χ3v) is 4.63. The van der Waals surface area contributed by atoms with Crippen molar-refractivity contribution in [2.75, 3.05) is 6.61 Å². The van der Waals surface area contributed by atoms with Crippen molar-refractivity contribution in [2.24, 2.45) is 0 Å². The van der Waals surface area contributed by atoms with Crippen molar-refractivity contribution in [3.63, 3.8) is 0 Å². The minimum absolute atomic E-state index is 0.113. The van der Waals surface area contributed by atoms with Crippen LogP contribution in [0.2, 0.25) is 0 Å². The molecule has 8 nitrogen and oxygen atoms in total. The molecule has 2 aromatic heterocycles. The lowest BCUT2D eigenvalue weighted by Gasteiger charge is -2.20. The molecule has 0 radical (unpaired) electrons. The number of nitrogens with zero attached hydrogens (tertiary/aromatic N) is 6. The summed E-state index contributed by atoms with van der Waals surface area (Å²) in [6.45, 7) is 7.40. The van der Waals surface area contributed by atoms with Gasteiger partial charge in [0.2, 0.25) is 0 Å². The maximum absolute atomic E-state index is 6.01. The summed E-state index contributed by atoms with van der Waals surface area (Å²) in [6, 6.07) is 10.3. The predicted octanol–water partition coefficient (Wildman–Crippen LogP) is 2.23. The van der Waals surface area contributed by atoms with Crippen molar-refractivity contribution >= 4 is 0 Å². The number of rotatable bonds is 5. The average molecular weight is 367 g/mol. The molecular weight excluding hydrogens is 342 g/mol. The lowest BCUT2D eigenvalue weighted by atomic mass is 10.1. The van der Waals surface area contributed by atoms with Gasteiger partial charge < -0.3 is 14.6 Å². The van der Waals surface area contributed by atoms with Crippen molar-refractivity contribution < 1.29 is 4.74 Å². The van der Waals surface area contributed by atoms with Crippen molar-refractivity contribution in [3.8, 4) is 5.69 Å². The van der Waals surface area contributed by atoms with E-state index >= 15 is 0 Å². The molecule has 142 valence electrons. The number of ether oxygens (including phenoxy) is 1. The number of aromatic nitrogens is 6. The van der Waals surface area contributed by atoms with E-state index in [2.05, 4.69) is 63.2 Å². The van der Waals surface area contributed by atoms with E-state index in [1.165, 1.54) is 0 Å².